The first-order valence-electron chi connectivity index (χ1n) is 10.2. The number of piperazine rings is 1. The second-order valence-electron chi connectivity index (χ2n) is 7.57. The number of hydrogen-bond acceptors (Lipinski definition) is 8. The van der Waals surface area contributed by atoms with Gasteiger partial charge in [0, 0.05) is 48.9 Å². The van der Waals surface area contributed by atoms with Crippen LogP contribution in [-0.2, 0) is 6.54 Å². The summed E-state index contributed by atoms with van der Waals surface area (Å²) in [6.45, 7) is 4.45. The molecule has 3 aromatic rings. The van der Waals surface area contributed by atoms with Crippen LogP contribution >= 0.6 is 0 Å². The van der Waals surface area contributed by atoms with Gasteiger partial charge in [0.15, 0.2) is 0 Å². The quantitative estimate of drug-likeness (QED) is 0.427. The number of ether oxygens (including phenoxy) is 1. The highest BCUT2D eigenvalue weighted by Crippen LogP contribution is 2.22. The first kappa shape index (κ1) is 21.4. The standard InChI is InChI=1S/C22H23N5O5/c1-15-3-4-17(13-19(15)27(29)30)22(28)26-11-9-25(10-12-26)14-20-23-21(24-32-20)16-5-7-18(31-2)8-6-16/h3-8,13H,9-12,14H2,1-2H3. The first-order valence-corrected chi connectivity index (χ1v) is 10.2. The van der Waals surface area contributed by atoms with E-state index in [1.54, 1.807) is 31.1 Å². The summed E-state index contributed by atoms with van der Waals surface area (Å²) in [5.41, 5.74) is 1.66. The number of rotatable bonds is 6. The second-order valence-corrected chi connectivity index (χ2v) is 7.57. The molecule has 0 aliphatic carbocycles. The van der Waals surface area contributed by atoms with E-state index in [2.05, 4.69) is 15.0 Å². The molecule has 1 saturated heterocycles. The Balaban J connectivity index is 1.34. The largest absolute Gasteiger partial charge is 0.497 e. The van der Waals surface area contributed by atoms with Gasteiger partial charge in [0.05, 0.1) is 18.6 Å². The Morgan fingerprint density at radius 3 is 2.53 bits per heavy atom. The lowest BCUT2D eigenvalue weighted by atomic mass is 10.1. The van der Waals surface area contributed by atoms with Crippen molar-refractivity contribution in [1.82, 2.24) is 19.9 Å². The Bertz CT molecular complexity index is 1120. The lowest BCUT2D eigenvalue weighted by molar-refractivity contribution is -0.385. The van der Waals surface area contributed by atoms with Gasteiger partial charge in [-0.1, -0.05) is 11.2 Å². The van der Waals surface area contributed by atoms with Gasteiger partial charge in [-0.25, -0.2) is 0 Å². The average Bonchev–Trinajstić information content (AvgIpc) is 3.28. The van der Waals surface area contributed by atoms with E-state index >= 15 is 0 Å². The van der Waals surface area contributed by atoms with Gasteiger partial charge in [0.1, 0.15) is 5.75 Å². The summed E-state index contributed by atoms with van der Waals surface area (Å²) in [5, 5.41) is 15.2. The molecular formula is C22H23N5O5. The number of benzene rings is 2. The molecule has 1 aliphatic heterocycles. The molecule has 4 rings (SSSR count). The molecule has 1 amide bonds. The predicted octanol–water partition coefficient (Wildman–Crippen LogP) is 2.92. The number of nitro groups is 1. The number of aromatic nitrogens is 2. The van der Waals surface area contributed by atoms with Crippen molar-refractivity contribution in [3.05, 3.63) is 69.6 Å². The van der Waals surface area contributed by atoms with Gasteiger partial charge < -0.3 is 14.2 Å². The van der Waals surface area contributed by atoms with Gasteiger partial charge in [-0.15, -0.1) is 0 Å². The molecule has 0 atom stereocenters. The van der Waals surface area contributed by atoms with Crippen LogP contribution in [0.4, 0.5) is 5.69 Å². The van der Waals surface area contributed by atoms with Crippen molar-refractivity contribution in [2.45, 2.75) is 13.5 Å². The molecule has 166 valence electrons. The van der Waals surface area contributed by atoms with Crippen LogP contribution in [0.2, 0.25) is 0 Å². The Morgan fingerprint density at radius 2 is 1.88 bits per heavy atom. The molecular weight excluding hydrogens is 414 g/mol. The lowest BCUT2D eigenvalue weighted by Crippen LogP contribution is -2.48. The number of nitrogens with zero attached hydrogens (tertiary/aromatic N) is 5. The van der Waals surface area contributed by atoms with Gasteiger partial charge in [0.25, 0.3) is 11.6 Å². The fourth-order valence-electron chi connectivity index (χ4n) is 3.60. The molecule has 0 spiro atoms. The van der Waals surface area contributed by atoms with Gasteiger partial charge in [-0.2, -0.15) is 4.98 Å². The van der Waals surface area contributed by atoms with Crippen LogP contribution in [0.5, 0.6) is 5.75 Å². The topological polar surface area (TPSA) is 115 Å². The van der Waals surface area contributed by atoms with Crippen LogP contribution in [0.1, 0.15) is 21.8 Å². The third kappa shape index (κ3) is 4.59. The number of carbonyl (C=O) groups is 1. The van der Waals surface area contributed by atoms with E-state index in [-0.39, 0.29) is 11.6 Å². The fourth-order valence-corrected chi connectivity index (χ4v) is 3.60. The maximum Gasteiger partial charge on any atom is 0.273 e. The van der Waals surface area contributed by atoms with Crippen LogP contribution in [0.3, 0.4) is 0 Å². The predicted molar refractivity (Wildman–Crippen MR) is 115 cm³/mol. The Morgan fingerprint density at radius 1 is 1.16 bits per heavy atom. The maximum absolute atomic E-state index is 12.8. The molecule has 2 aromatic carbocycles. The van der Waals surface area contributed by atoms with Gasteiger partial charge in [-0.05, 0) is 37.3 Å². The normalized spacial score (nSPS) is 14.4. The van der Waals surface area contributed by atoms with E-state index in [0.717, 1.165) is 11.3 Å². The van der Waals surface area contributed by atoms with Gasteiger partial charge in [0.2, 0.25) is 11.7 Å². The molecule has 1 fully saturated rings. The van der Waals surface area contributed by atoms with E-state index in [1.807, 2.05) is 24.3 Å². The van der Waals surface area contributed by atoms with E-state index in [4.69, 9.17) is 9.26 Å². The number of carbonyl (C=O) groups excluding carboxylic acids is 1. The molecule has 1 aromatic heterocycles. The zero-order chi connectivity index (χ0) is 22.7. The van der Waals surface area contributed by atoms with Crippen LogP contribution in [0.15, 0.2) is 47.0 Å². The minimum absolute atomic E-state index is 0.0430. The molecule has 2 heterocycles. The van der Waals surface area contributed by atoms with Gasteiger partial charge >= 0.3 is 0 Å². The highest BCUT2D eigenvalue weighted by Gasteiger charge is 2.25. The average molecular weight is 437 g/mol. The Kier molecular flexibility index (Phi) is 6.13. The van der Waals surface area contributed by atoms with E-state index in [0.29, 0.717) is 55.6 Å². The maximum atomic E-state index is 12.8. The summed E-state index contributed by atoms with van der Waals surface area (Å²) in [6, 6.07) is 12.0. The van der Waals surface area contributed by atoms with Crippen molar-refractivity contribution in [2.24, 2.45) is 0 Å². The molecule has 32 heavy (non-hydrogen) atoms. The molecule has 1 aliphatic rings. The molecule has 0 N–H and O–H groups in total. The molecule has 10 nitrogen and oxygen atoms in total. The molecule has 0 bridgehead atoms. The highest BCUT2D eigenvalue weighted by atomic mass is 16.6. The van der Waals surface area contributed by atoms with Crippen LogP contribution in [0, 0.1) is 17.0 Å². The third-order valence-corrected chi connectivity index (χ3v) is 5.49. The third-order valence-electron chi connectivity index (χ3n) is 5.49. The molecule has 0 saturated carbocycles. The molecule has 0 radical (unpaired) electrons. The Labute approximate surface area is 184 Å². The summed E-state index contributed by atoms with van der Waals surface area (Å²) in [4.78, 5) is 31.8. The SMILES string of the molecule is COc1ccc(-c2noc(CN3CCN(C(=O)c4ccc(C)c([N+](=O)[O-])c4)CC3)n2)cc1. The monoisotopic (exact) mass is 437 g/mol. The van der Waals surface area contributed by atoms with Gasteiger partial charge in [-0.3, -0.25) is 19.8 Å². The zero-order valence-electron chi connectivity index (χ0n) is 17.9. The first-order chi connectivity index (χ1) is 15.4. The lowest BCUT2D eigenvalue weighted by Gasteiger charge is -2.34. The van der Waals surface area contributed by atoms with Crippen molar-refractivity contribution in [3.63, 3.8) is 0 Å². The smallest absolute Gasteiger partial charge is 0.273 e. The summed E-state index contributed by atoms with van der Waals surface area (Å²) < 4.78 is 10.5. The number of aryl methyl sites for hydroxylation is 1. The van der Waals surface area contributed by atoms with Crippen LogP contribution in [-0.4, -0.2) is 64.1 Å². The Hall–Kier alpha value is -3.79. The second kappa shape index (κ2) is 9.15. The zero-order valence-corrected chi connectivity index (χ0v) is 17.9. The van der Waals surface area contributed by atoms with E-state index in [1.165, 1.54) is 6.07 Å². The van der Waals surface area contributed by atoms with Crippen molar-refractivity contribution >= 4 is 11.6 Å². The van der Waals surface area contributed by atoms with Crippen molar-refractivity contribution < 1.29 is 19.0 Å². The minimum Gasteiger partial charge on any atom is -0.497 e. The number of hydrogen-bond donors (Lipinski definition) is 0. The van der Waals surface area contributed by atoms with Crippen molar-refractivity contribution in [1.29, 1.82) is 0 Å². The van der Waals surface area contributed by atoms with E-state index in [9.17, 15) is 14.9 Å². The molecule has 0 unspecified atom stereocenters. The minimum atomic E-state index is -0.464. The fraction of sp³-hybridized carbons (Fsp3) is 0.318. The van der Waals surface area contributed by atoms with Crippen LogP contribution in [0.25, 0.3) is 11.4 Å². The number of nitro benzene ring substituents is 1. The number of methoxy groups -OCH3 is 1. The van der Waals surface area contributed by atoms with E-state index < -0.39 is 4.92 Å². The number of amides is 1. The molecule has 10 heteroatoms. The van der Waals surface area contributed by atoms with Crippen LogP contribution < -0.4 is 4.74 Å². The summed E-state index contributed by atoms with van der Waals surface area (Å²) in [7, 11) is 1.61. The summed E-state index contributed by atoms with van der Waals surface area (Å²) in [6.07, 6.45) is 0. The summed E-state index contributed by atoms with van der Waals surface area (Å²) >= 11 is 0. The highest BCUT2D eigenvalue weighted by molar-refractivity contribution is 5.95. The van der Waals surface area contributed by atoms with Crippen molar-refractivity contribution in [2.75, 3.05) is 33.3 Å². The summed E-state index contributed by atoms with van der Waals surface area (Å²) in [5.74, 6) is 1.57. The van der Waals surface area contributed by atoms with Crippen molar-refractivity contribution in [3.8, 4) is 17.1 Å².